The Bertz CT molecular complexity index is 1400. The Hall–Kier alpha value is -3.80. The number of nitrogens with one attached hydrogen (secondary N) is 2. The molecule has 1 aliphatic heterocycles. The van der Waals surface area contributed by atoms with Gasteiger partial charge < -0.3 is 15.3 Å². The monoisotopic (exact) mass is 579 g/mol. The number of pyridine rings is 1. The van der Waals surface area contributed by atoms with Crippen molar-refractivity contribution in [1.29, 1.82) is 0 Å². The Morgan fingerprint density at radius 2 is 1.76 bits per heavy atom. The van der Waals surface area contributed by atoms with Crippen LogP contribution in [0.4, 0.5) is 16.2 Å². The Labute approximate surface area is 241 Å². The maximum absolute atomic E-state index is 13.0. The number of urea groups is 1. The van der Waals surface area contributed by atoms with Gasteiger partial charge in [0, 0.05) is 36.7 Å². The number of anilines is 2. The highest BCUT2D eigenvalue weighted by atomic mass is 32.2. The van der Waals surface area contributed by atoms with Gasteiger partial charge in [0.25, 0.3) is 15.9 Å². The van der Waals surface area contributed by atoms with Gasteiger partial charge in [0.2, 0.25) is 0 Å². The van der Waals surface area contributed by atoms with Crippen LogP contribution >= 0.6 is 0 Å². The number of imide groups is 1. The van der Waals surface area contributed by atoms with Gasteiger partial charge in [-0.05, 0) is 67.4 Å². The first-order valence-electron chi connectivity index (χ1n) is 13.9. The molecule has 41 heavy (non-hydrogen) atoms. The molecule has 2 aromatic carbocycles. The number of aliphatic hydroxyl groups is 1. The first kappa shape index (κ1) is 30.2. The molecule has 1 aliphatic rings. The van der Waals surface area contributed by atoms with Crippen molar-refractivity contribution >= 4 is 33.3 Å². The maximum atomic E-state index is 13.0. The van der Waals surface area contributed by atoms with Gasteiger partial charge in [0.1, 0.15) is 6.54 Å². The third kappa shape index (κ3) is 8.12. The zero-order valence-electron chi connectivity index (χ0n) is 23.2. The summed E-state index contributed by atoms with van der Waals surface area (Å²) in [5.41, 5.74) is 2.53. The molecule has 0 bridgehead atoms. The number of sulfonamides is 1. The Balaban J connectivity index is 1.27. The molecular weight excluding hydrogens is 542 g/mol. The summed E-state index contributed by atoms with van der Waals surface area (Å²) in [5, 5.41) is 13.4. The van der Waals surface area contributed by atoms with Crippen molar-refractivity contribution < 1.29 is 23.1 Å². The number of rotatable bonds is 15. The molecule has 3 N–H and O–H groups in total. The lowest BCUT2D eigenvalue weighted by Gasteiger charge is -2.17. The van der Waals surface area contributed by atoms with Gasteiger partial charge in [0.15, 0.2) is 0 Å². The second kappa shape index (κ2) is 14.2. The highest BCUT2D eigenvalue weighted by molar-refractivity contribution is 7.92. The van der Waals surface area contributed by atoms with Gasteiger partial charge in [-0.25, -0.2) is 18.1 Å². The molecule has 1 atom stereocenters. The number of nitrogens with zero attached hydrogens (tertiary/aromatic N) is 3. The lowest BCUT2D eigenvalue weighted by atomic mass is 10.1. The van der Waals surface area contributed by atoms with E-state index in [4.69, 9.17) is 0 Å². The number of carbonyl (C=O) groups is 2. The number of hydrogen-bond donors (Lipinski definition) is 3. The predicted molar refractivity (Wildman–Crippen MR) is 158 cm³/mol. The standard InChI is InChI=1S/C30H37N5O5S/c1-2-3-4-5-19-34-22-29(37)35(30(34)38)26-12-14-27(15-13-26)41(39,40)33-25-10-8-23(9-11-25)16-18-32-21-28(36)24-7-6-17-31-20-24/h6-15,17,20,28,32-33,36H,2-5,16,18-19,21-22H2,1H3/t28-/m0/s1. The fourth-order valence-corrected chi connectivity index (χ4v) is 5.66. The summed E-state index contributed by atoms with van der Waals surface area (Å²) in [5.74, 6) is -0.320. The zero-order chi connectivity index (χ0) is 29.2. The van der Waals surface area contributed by atoms with Gasteiger partial charge in [-0.3, -0.25) is 14.5 Å². The van der Waals surface area contributed by atoms with E-state index in [9.17, 15) is 23.1 Å². The molecular formula is C30H37N5O5S. The second-order valence-electron chi connectivity index (χ2n) is 10.0. The van der Waals surface area contributed by atoms with Crippen LogP contribution in [-0.4, -0.2) is 61.5 Å². The lowest BCUT2D eigenvalue weighted by Crippen LogP contribution is -2.33. The van der Waals surface area contributed by atoms with Crippen molar-refractivity contribution in [2.24, 2.45) is 0 Å². The van der Waals surface area contributed by atoms with Crippen LogP contribution in [0.15, 0.2) is 78.0 Å². The molecule has 0 aliphatic carbocycles. The minimum atomic E-state index is -3.87. The summed E-state index contributed by atoms with van der Waals surface area (Å²) < 4.78 is 28.5. The molecule has 0 saturated carbocycles. The molecule has 1 aromatic heterocycles. The largest absolute Gasteiger partial charge is 0.387 e. The van der Waals surface area contributed by atoms with Crippen molar-refractivity contribution in [2.75, 3.05) is 35.8 Å². The number of carbonyl (C=O) groups excluding carboxylic acids is 2. The van der Waals surface area contributed by atoms with Crippen LogP contribution in [0.1, 0.15) is 49.8 Å². The highest BCUT2D eigenvalue weighted by Gasteiger charge is 2.36. The molecule has 4 rings (SSSR count). The van der Waals surface area contributed by atoms with Crippen LogP contribution in [0.25, 0.3) is 0 Å². The van der Waals surface area contributed by atoms with Crippen molar-refractivity contribution in [3.8, 4) is 0 Å². The normalized spacial score (nSPS) is 14.5. The molecule has 0 radical (unpaired) electrons. The number of aromatic nitrogens is 1. The van der Waals surface area contributed by atoms with Gasteiger partial charge in [-0.2, -0.15) is 0 Å². The van der Waals surface area contributed by atoms with E-state index < -0.39 is 16.1 Å². The molecule has 1 saturated heterocycles. The Kier molecular flexibility index (Phi) is 10.4. The van der Waals surface area contributed by atoms with E-state index in [1.807, 2.05) is 18.2 Å². The number of benzene rings is 2. The van der Waals surface area contributed by atoms with Crippen molar-refractivity contribution in [1.82, 2.24) is 15.2 Å². The average molecular weight is 580 g/mol. The summed E-state index contributed by atoms with van der Waals surface area (Å²) >= 11 is 0. The third-order valence-electron chi connectivity index (χ3n) is 6.93. The Morgan fingerprint density at radius 3 is 2.44 bits per heavy atom. The number of unbranched alkanes of at least 4 members (excludes halogenated alkanes) is 3. The first-order valence-corrected chi connectivity index (χ1v) is 15.4. The van der Waals surface area contributed by atoms with E-state index in [-0.39, 0.29) is 23.4 Å². The summed E-state index contributed by atoms with van der Waals surface area (Å²) in [7, 11) is -3.87. The molecule has 10 nitrogen and oxygen atoms in total. The average Bonchev–Trinajstić information content (AvgIpc) is 3.26. The van der Waals surface area contributed by atoms with E-state index >= 15 is 0 Å². The third-order valence-corrected chi connectivity index (χ3v) is 8.32. The summed E-state index contributed by atoms with van der Waals surface area (Å²) in [4.78, 5) is 32.0. The molecule has 3 aromatic rings. The van der Waals surface area contributed by atoms with Crippen molar-refractivity contribution in [2.45, 2.75) is 50.0 Å². The van der Waals surface area contributed by atoms with Crippen LogP contribution in [0.5, 0.6) is 0 Å². The fourth-order valence-electron chi connectivity index (χ4n) is 4.60. The topological polar surface area (TPSA) is 132 Å². The fraction of sp³-hybridized carbons (Fsp3) is 0.367. The number of amides is 3. The van der Waals surface area contributed by atoms with E-state index in [1.54, 1.807) is 30.6 Å². The predicted octanol–water partition coefficient (Wildman–Crippen LogP) is 4.10. The maximum Gasteiger partial charge on any atom is 0.331 e. The van der Waals surface area contributed by atoms with E-state index in [0.29, 0.717) is 37.4 Å². The molecule has 2 heterocycles. The van der Waals surface area contributed by atoms with Crippen LogP contribution < -0.4 is 14.9 Å². The van der Waals surface area contributed by atoms with E-state index in [0.717, 1.165) is 41.7 Å². The number of aliphatic hydroxyl groups excluding tert-OH is 1. The molecule has 1 fully saturated rings. The van der Waals surface area contributed by atoms with Gasteiger partial charge in [-0.1, -0.05) is 44.4 Å². The van der Waals surface area contributed by atoms with Crippen LogP contribution in [-0.2, 0) is 21.2 Å². The summed E-state index contributed by atoms with van der Waals surface area (Å²) in [6.45, 7) is 3.73. The molecule has 218 valence electrons. The molecule has 11 heteroatoms. The Morgan fingerprint density at radius 1 is 1.00 bits per heavy atom. The van der Waals surface area contributed by atoms with Gasteiger partial charge in [0.05, 0.1) is 16.7 Å². The minimum Gasteiger partial charge on any atom is -0.387 e. The van der Waals surface area contributed by atoms with Crippen LogP contribution in [0.3, 0.4) is 0 Å². The molecule has 3 amide bonds. The van der Waals surface area contributed by atoms with Crippen molar-refractivity contribution in [3.63, 3.8) is 0 Å². The van der Waals surface area contributed by atoms with Gasteiger partial charge >= 0.3 is 6.03 Å². The highest BCUT2D eigenvalue weighted by Crippen LogP contribution is 2.25. The zero-order valence-corrected chi connectivity index (χ0v) is 24.0. The van der Waals surface area contributed by atoms with Crippen LogP contribution in [0, 0.1) is 0 Å². The molecule has 0 unspecified atom stereocenters. The first-order chi connectivity index (χ1) is 19.8. The van der Waals surface area contributed by atoms with Crippen LogP contribution in [0.2, 0.25) is 0 Å². The smallest absolute Gasteiger partial charge is 0.331 e. The lowest BCUT2D eigenvalue weighted by molar-refractivity contribution is -0.116. The van der Waals surface area contributed by atoms with Gasteiger partial charge in [-0.15, -0.1) is 0 Å². The summed E-state index contributed by atoms with van der Waals surface area (Å²) in [6, 6.07) is 16.1. The number of hydrogen-bond acceptors (Lipinski definition) is 7. The van der Waals surface area contributed by atoms with Crippen molar-refractivity contribution in [3.05, 3.63) is 84.2 Å². The molecule has 0 spiro atoms. The SMILES string of the molecule is CCCCCCN1CC(=O)N(c2ccc(S(=O)(=O)Nc3ccc(CCNC[C@H](O)c4cccnc4)cc3)cc2)C1=O. The summed E-state index contributed by atoms with van der Waals surface area (Å²) in [6.07, 6.45) is 7.40. The van der Waals surface area contributed by atoms with E-state index in [2.05, 4.69) is 21.9 Å². The minimum absolute atomic E-state index is 0.0252. The second-order valence-corrected chi connectivity index (χ2v) is 11.7. The van der Waals surface area contributed by atoms with E-state index in [1.165, 1.54) is 29.2 Å². The quantitative estimate of drug-likeness (QED) is 0.182.